The first-order valence-electron chi connectivity index (χ1n) is 12.9. The van der Waals surface area contributed by atoms with E-state index in [0.29, 0.717) is 34.4 Å². The van der Waals surface area contributed by atoms with Gasteiger partial charge in [0.15, 0.2) is 11.5 Å². The van der Waals surface area contributed by atoms with Crippen molar-refractivity contribution >= 4 is 39.0 Å². The molecule has 0 atom stereocenters. The van der Waals surface area contributed by atoms with Crippen LogP contribution in [-0.2, 0) is 21.4 Å². The van der Waals surface area contributed by atoms with Crippen molar-refractivity contribution in [2.75, 3.05) is 34.9 Å². The van der Waals surface area contributed by atoms with Gasteiger partial charge in [-0.15, -0.1) is 0 Å². The van der Waals surface area contributed by atoms with Crippen molar-refractivity contribution in [1.29, 1.82) is 0 Å². The van der Waals surface area contributed by atoms with Gasteiger partial charge in [0.05, 0.1) is 25.3 Å². The highest BCUT2D eigenvalue weighted by atomic mass is 32.2. The SMILES string of the molecule is COc1ccc(CCNC(=O)/C(=C/c2cn(S(=O)(=O)N(C)C)c3ccccc23)NC(=O)c2ccccc2F)cc1OC. The average molecular weight is 595 g/mol. The molecule has 3 aromatic carbocycles. The molecule has 0 aliphatic rings. The number of rotatable bonds is 11. The number of carbonyl (C=O) groups excluding carboxylic acids is 2. The second-order valence-corrected chi connectivity index (χ2v) is 11.4. The van der Waals surface area contributed by atoms with Crippen molar-refractivity contribution in [3.8, 4) is 11.5 Å². The fourth-order valence-electron chi connectivity index (χ4n) is 4.26. The summed E-state index contributed by atoms with van der Waals surface area (Å²) in [4.78, 5) is 26.4. The smallest absolute Gasteiger partial charge is 0.307 e. The Balaban J connectivity index is 1.68. The fourth-order valence-corrected chi connectivity index (χ4v) is 5.26. The third-order valence-corrected chi connectivity index (χ3v) is 8.20. The van der Waals surface area contributed by atoms with Crippen molar-refractivity contribution in [3.63, 3.8) is 0 Å². The number of halogens is 1. The van der Waals surface area contributed by atoms with Crippen LogP contribution in [0.4, 0.5) is 4.39 Å². The summed E-state index contributed by atoms with van der Waals surface area (Å²) in [6.07, 6.45) is 3.17. The number of amides is 2. The Hall–Kier alpha value is -4.68. The van der Waals surface area contributed by atoms with E-state index in [1.165, 1.54) is 58.8 Å². The van der Waals surface area contributed by atoms with E-state index in [9.17, 15) is 22.4 Å². The molecular weight excluding hydrogens is 563 g/mol. The number of benzene rings is 3. The lowest BCUT2D eigenvalue weighted by Gasteiger charge is -2.13. The molecule has 0 unspecified atom stereocenters. The van der Waals surface area contributed by atoms with Crippen LogP contribution in [0.2, 0.25) is 0 Å². The lowest BCUT2D eigenvalue weighted by Crippen LogP contribution is -2.36. The van der Waals surface area contributed by atoms with Gasteiger partial charge in [-0.3, -0.25) is 9.59 Å². The minimum atomic E-state index is -3.90. The molecule has 2 N–H and O–H groups in total. The van der Waals surface area contributed by atoms with Gasteiger partial charge in [-0.25, -0.2) is 8.36 Å². The summed E-state index contributed by atoms with van der Waals surface area (Å²) >= 11 is 0. The van der Waals surface area contributed by atoms with Gasteiger partial charge in [-0.1, -0.05) is 36.4 Å². The maximum absolute atomic E-state index is 14.4. The van der Waals surface area contributed by atoms with Crippen molar-refractivity contribution in [1.82, 2.24) is 18.9 Å². The van der Waals surface area contributed by atoms with E-state index in [2.05, 4.69) is 10.6 Å². The second-order valence-electron chi connectivity index (χ2n) is 9.37. The van der Waals surface area contributed by atoms with Crippen LogP contribution < -0.4 is 20.1 Å². The molecule has 1 aromatic heterocycles. The zero-order valence-corrected chi connectivity index (χ0v) is 24.4. The number of methoxy groups -OCH3 is 2. The molecule has 2 amide bonds. The van der Waals surface area contributed by atoms with E-state index in [1.807, 2.05) is 6.07 Å². The van der Waals surface area contributed by atoms with Crippen LogP contribution in [0.1, 0.15) is 21.5 Å². The second kappa shape index (κ2) is 12.9. The first-order chi connectivity index (χ1) is 20.1. The Kier molecular flexibility index (Phi) is 9.28. The molecule has 1 heterocycles. The maximum Gasteiger partial charge on any atom is 0.307 e. The monoisotopic (exact) mass is 594 g/mol. The van der Waals surface area contributed by atoms with E-state index in [0.717, 1.165) is 19.9 Å². The molecule has 0 aliphatic carbocycles. The van der Waals surface area contributed by atoms with Gasteiger partial charge in [-0.2, -0.15) is 12.7 Å². The number of fused-ring (bicyclic) bond motifs is 1. The zero-order chi connectivity index (χ0) is 30.4. The van der Waals surface area contributed by atoms with Gasteiger partial charge in [0.25, 0.3) is 11.8 Å². The van der Waals surface area contributed by atoms with Crippen LogP contribution in [-0.4, -0.2) is 63.4 Å². The lowest BCUT2D eigenvalue weighted by molar-refractivity contribution is -0.117. The van der Waals surface area contributed by atoms with Gasteiger partial charge in [0.1, 0.15) is 11.5 Å². The topological polar surface area (TPSA) is 119 Å². The third kappa shape index (κ3) is 6.45. The molecule has 4 rings (SSSR count). The van der Waals surface area contributed by atoms with E-state index in [1.54, 1.807) is 36.4 Å². The Morgan fingerprint density at radius 1 is 0.976 bits per heavy atom. The molecule has 12 heteroatoms. The first-order valence-corrected chi connectivity index (χ1v) is 14.3. The number of nitrogens with one attached hydrogen (secondary N) is 2. The quantitative estimate of drug-likeness (QED) is 0.256. The molecule has 220 valence electrons. The third-order valence-electron chi connectivity index (χ3n) is 6.48. The number of nitrogens with zero attached hydrogens (tertiary/aromatic N) is 2. The minimum Gasteiger partial charge on any atom is -0.493 e. The molecule has 0 spiro atoms. The molecule has 0 bridgehead atoms. The van der Waals surface area contributed by atoms with Crippen molar-refractivity contribution in [2.24, 2.45) is 0 Å². The molecule has 10 nitrogen and oxygen atoms in total. The molecule has 42 heavy (non-hydrogen) atoms. The standard InChI is InChI=1S/C30H31FN4O6S/c1-34(2)42(38,39)35-19-21(22-9-6-8-12-26(22)35)18-25(33-29(36)23-10-5-7-11-24(23)31)30(37)32-16-15-20-13-14-27(40-3)28(17-20)41-4/h5-14,17-19H,15-16H2,1-4H3,(H,32,37)(H,33,36)/b25-18-. The van der Waals surface area contributed by atoms with Crippen LogP contribution in [0.5, 0.6) is 11.5 Å². The van der Waals surface area contributed by atoms with Crippen LogP contribution >= 0.6 is 0 Å². The molecule has 0 radical (unpaired) electrons. The Morgan fingerprint density at radius 2 is 1.67 bits per heavy atom. The van der Waals surface area contributed by atoms with Gasteiger partial charge >= 0.3 is 10.2 Å². The molecule has 0 aliphatic heterocycles. The lowest BCUT2D eigenvalue weighted by atomic mass is 10.1. The minimum absolute atomic E-state index is 0.192. The molecule has 0 saturated heterocycles. The first kappa shape index (κ1) is 30.3. The number of hydrogen-bond acceptors (Lipinski definition) is 6. The van der Waals surface area contributed by atoms with E-state index in [4.69, 9.17) is 9.47 Å². The fraction of sp³-hybridized carbons (Fsp3) is 0.200. The van der Waals surface area contributed by atoms with Crippen molar-refractivity contribution in [2.45, 2.75) is 6.42 Å². The predicted molar refractivity (Wildman–Crippen MR) is 158 cm³/mol. The van der Waals surface area contributed by atoms with Crippen LogP contribution in [0.25, 0.3) is 17.0 Å². The number of aromatic nitrogens is 1. The van der Waals surface area contributed by atoms with Crippen molar-refractivity contribution in [3.05, 3.63) is 101 Å². The normalized spacial score (nSPS) is 11.9. The highest BCUT2D eigenvalue weighted by molar-refractivity contribution is 7.87. The zero-order valence-electron chi connectivity index (χ0n) is 23.5. The summed E-state index contributed by atoms with van der Waals surface area (Å²) in [5.41, 5.74) is 1.16. The van der Waals surface area contributed by atoms with Crippen LogP contribution in [0, 0.1) is 5.82 Å². The van der Waals surface area contributed by atoms with Gasteiger partial charge in [-0.05, 0) is 48.4 Å². The van der Waals surface area contributed by atoms with Gasteiger partial charge in [0.2, 0.25) is 0 Å². The summed E-state index contributed by atoms with van der Waals surface area (Å²) in [6, 6.07) is 17.5. The Morgan fingerprint density at radius 3 is 2.36 bits per heavy atom. The molecule has 0 fully saturated rings. The van der Waals surface area contributed by atoms with E-state index >= 15 is 0 Å². The van der Waals surface area contributed by atoms with Crippen LogP contribution in [0.15, 0.2) is 78.6 Å². The highest BCUT2D eigenvalue weighted by Crippen LogP contribution is 2.28. The van der Waals surface area contributed by atoms with Crippen molar-refractivity contribution < 1.29 is 31.9 Å². The molecular formula is C30H31FN4O6S. The summed E-state index contributed by atoms with van der Waals surface area (Å²) in [7, 11) is 1.98. The number of hydrogen-bond donors (Lipinski definition) is 2. The summed E-state index contributed by atoms with van der Waals surface area (Å²) in [6.45, 7) is 0.192. The molecule has 0 saturated carbocycles. The summed E-state index contributed by atoms with van der Waals surface area (Å²) in [5, 5.41) is 5.80. The van der Waals surface area contributed by atoms with Gasteiger partial charge < -0.3 is 20.1 Å². The van der Waals surface area contributed by atoms with E-state index in [-0.39, 0.29) is 17.8 Å². The Labute approximate surface area is 243 Å². The average Bonchev–Trinajstić information content (AvgIpc) is 3.35. The van der Waals surface area contributed by atoms with Gasteiger partial charge in [0, 0.05) is 37.8 Å². The number of carbonyl (C=O) groups is 2. The summed E-state index contributed by atoms with van der Waals surface area (Å²) in [5.74, 6) is -1.12. The summed E-state index contributed by atoms with van der Waals surface area (Å²) < 4.78 is 53.1. The molecule has 4 aromatic rings. The van der Waals surface area contributed by atoms with E-state index < -0.39 is 27.8 Å². The Bertz CT molecular complexity index is 1760. The predicted octanol–water partition coefficient (Wildman–Crippen LogP) is 3.58. The largest absolute Gasteiger partial charge is 0.493 e. The number of ether oxygens (including phenoxy) is 2. The number of para-hydroxylation sites is 1. The maximum atomic E-state index is 14.4. The van der Waals surface area contributed by atoms with Crippen LogP contribution in [0.3, 0.4) is 0 Å². The highest BCUT2D eigenvalue weighted by Gasteiger charge is 2.22.